The van der Waals surface area contributed by atoms with Crippen molar-refractivity contribution in [2.45, 2.75) is 142 Å². The van der Waals surface area contributed by atoms with Crippen LogP contribution in [0.2, 0.25) is 0 Å². The van der Waals surface area contributed by atoms with Crippen molar-refractivity contribution in [3.63, 3.8) is 0 Å². The first kappa shape index (κ1) is 41.7. The topological polar surface area (TPSA) is 76.1 Å². The fraction of sp³-hybridized carbons (Fsp3) is 0.800. The predicted molar refractivity (Wildman–Crippen MR) is 174 cm³/mol. The highest BCUT2D eigenvalue weighted by Crippen LogP contribution is 2.21. The van der Waals surface area contributed by atoms with Crippen molar-refractivity contribution in [3.8, 4) is 0 Å². The molecule has 0 aromatic carbocycles. The third-order valence-electron chi connectivity index (χ3n) is 7.58. The van der Waals surface area contributed by atoms with E-state index < -0.39 is 23.6 Å². The maximum absolute atomic E-state index is 13.9. The molecule has 44 heavy (non-hydrogen) atoms. The summed E-state index contributed by atoms with van der Waals surface area (Å²) in [4.78, 5) is 40.7. The lowest BCUT2D eigenvalue weighted by molar-refractivity contribution is -0.141. The van der Waals surface area contributed by atoms with E-state index in [1.807, 2.05) is 14.1 Å². The molecule has 256 valence electrons. The first-order valence-electron chi connectivity index (χ1n) is 17.2. The molecule has 0 saturated carbocycles. The predicted octanol–water partition coefficient (Wildman–Crippen LogP) is 8.62. The van der Waals surface area contributed by atoms with Gasteiger partial charge >= 0.3 is 11.9 Å². The largest absolute Gasteiger partial charge is 0.461 e. The van der Waals surface area contributed by atoms with E-state index in [9.17, 15) is 23.2 Å². The fourth-order valence-corrected chi connectivity index (χ4v) is 5.15. The minimum Gasteiger partial charge on any atom is -0.461 e. The van der Waals surface area contributed by atoms with Crippen LogP contribution in [-0.4, -0.2) is 74.1 Å². The first-order valence-corrected chi connectivity index (χ1v) is 17.2. The van der Waals surface area contributed by atoms with Gasteiger partial charge in [-0.3, -0.25) is 4.79 Å². The Kier molecular flexibility index (Phi) is 26.7. The molecule has 0 N–H and O–H groups in total. The van der Waals surface area contributed by atoms with Gasteiger partial charge in [0, 0.05) is 19.0 Å². The second kappa shape index (κ2) is 28.2. The number of unbranched alkanes of at least 4 members (excludes halogenated alkanes) is 11. The molecule has 9 heteroatoms. The molecule has 0 saturated heterocycles. The summed E-state index contributed by atoms with van der Waals surface area (Å²) in [5.41, 5.74) is 0. The zero-order valence-corrected chi connectivity index (χ0v) is 28.5. The Bertz CT molecular complexity index is 832. The van der Waals surface area contributed by atoms with Crippen molar-refractivity contribution in [1.82, 2.24) is 9.80 Å². The van der Waals surface area contributed by atoms with E-state index in [1.54, 1.807) is 13.8 Å². The van der Waals surface area contributed by atoms with E-state index in [-0.39, 0.29) is 25.2 Å². The minimum atomic E-state index is -0.931. The number of esters is 2. The average molecular weight is 629 g/mol. The summed E-state index contributed by atoms with van der Waals surface area (Å²) >= 11 is 0. The number of hydrogen-bond acceptors (Lipinski definition) is 6. The first-order chi connectivity index (χ1) is 21.2. The van der Waals surface area contributed by atoms with Crippen molar-refractivity contribution < 1.29 is 32.6 Å². The zero-order chi connectivity index (χ0) is 33.0. The molecule has 0 aliphatic carbocycles. The number of ether oxygens (including phenoxy) is 2. The normalized spacial score (nSPS) is 12.8. The van der Waals surface area contributed by atoms with Crippen molar-refractivity contribution in [2.24, 2.45) is 0 Å². The number of carbonyl (C=O) groups is 3. The van der Waals surface area contributed by atoms with Gasteiger partial charge in [0.2, 0.25) is 17.6 Å². The van der Waals surface area contributed by atoms with Crippen molar-refractivity contribution in [2.75, 3.05) is 40.4 Å². The van der Waals surface area contributed by atoms with Gasteiger partial charge in [-0.15, -0.1) is 0 Å². The van der Waals surface area contributed by atoms with Crippen LogP contribution in [0, 0.1) is 0 Å². The number of nitrogens with zero attached hydrogens (tertiary/aromatic N) is 2. The number of carbonyl (C=O) groups excluding carboxylic acids is 3. The van der Waals surface area contributed by atoms with Crippen LogP contribution in [0.1, 0.15) is 136 Å². The van der Waals surface area contributed by atoms with Gasteiger partial charge in [0.05, 0.1) is 13.2 Å². The molecule has 0 aromatic heterocycles. The van der Waals surface area contributed by atoms with Crippen LogP contribution in [0.3, 0.4) is 0 Å². The Hall–Kier alpha value is -2.29. The van der Waals surface area contributed by atoms with Gasteiger partial charge in [0.1, 0.15) is 0 Å². The van der Waals surface area contributed by atoms with Gasteiger partial charge < -0.3 is 19.3 Å². The molecule has 0 aliphatic heterocycles. The van der Waals surface area contributed by atoms with Gasteiger partial charge in [0.25, 0.3) is 0 Å². The summed E-state index contributed by atoms with van der Waals surface area (Å²) in [6.07, 6.45) is 18.9. The molecule has 0 heterocycles. The van der Waals surface area contributed by atoms with Gasteiger partial charge in [-0.05, 0) is 98.0 Å². The molecule has 0 aliphatic rings. The van der Waals surface area contributed by atoms with E-state index in [0.717, 1.165) is 64.3 Å². The van der Waals surface area contributed by atoms with Crippen LogP contribution in [0.15, 0.2) is 23.8 Å². The van der Waals surface area contributed by atoms with Crippen LogP contribution in [0.25, 0.3) is 0 Å². The number of halogens is 2. The summed E-state index contributed by atoms with van der Waals surface area (Å²) in [5, 5.41) is 0. The van der Waals surface area contributed by atoms with E-state index >= 15 is 0 Å². The van der Waals surface area contributed by atoms with Crippen molar-refractivity contribution >= 4 is 17.8 Å². The molecule has 0 fully saturated rings. The lowest BCUT2D eigenvalue weighted by Crippen LogP contribution is -2.41. The zero-order valence-electron chi connectivity index (χ0n) is 28.5. The Morgan fingerprint density at radius 2 is 1.11 bits per heavy atom. The molecule has 1 amide bonds. The molecule has 0 bridgehead atoms. The van der Waals surface area contributed by atoms with Gasteiger partial charge in [0.15, 0.2) is 0 Å². The highest BCUT2D eigenvalue weighted by Gasteiger charge is 2.23. The monoisotopic (exact) mass is 628 g/mol. The molecule has 1 unspecified atom stereocenters. The Morgan fingerprint density at radius 3 is 1.61 bits per heavy atom. The highest BCUT2D eigenvalue weighted by molar-refractivity contribution is 5.86. The van der Waals surface area contributed by atoms with E-state index in [0.29, 0.717) is 32.2 Å². The maximum atomic E-state index is 13.9. The highest BCUT2D eigenvalue weighted by atomic mass is 19.1. The third-order valence-corrected chi connectivity index (χ3v) is 7.58. The molecule has 0 aromatic rings. The van der Waals surface area contributed by atoms with E-state index in [4.69, 9.17) is 9.47 Å². The fourth-order valence-electron chi connectivity index (χ4n) is 5.15. The van der Waals surface area contributed by atoms with E-state index in [1.165, 1.54) is 44.3 Å². The number of allylic oxidation sites excluding steroid dienone is 2. The summed E-state index contributed by atoms with van der Waals surface area (Å²) in [6.45, 7) is 7.22. The summed E-state index contributed by atoms with van der Waals surface area (Å²) in [7, 11) is 4.00. The van der Waals surface area contributed by atoms with Crippen LogP contribution >= 0.6 is 0 Å². The van der Waals surface area contributed by atoms with Crippen LogP contribution < -0.4 is 0 Å². The summed E-state index contributed by atoms with van der Waals surface area (Å²) in [6, 6.07) is 0.121. The average Bonchev–Trinajstić information content (AvgIpc) is 2.99. The number of amides is 1. The second-order valence-corrected chi connectivity index (χ2v) is 11.7. The summed E-state index contributed by atoms with van der Waals surface area (Å²) in [5.74, 6) is -3.39. The molecule has 0 radical (unpaired) electrons. The number of rotatable bonds is 28. The Labute approximate surface area is 266 Å². The van der Waals surface area contributed by atoms with Gasteiger partial charge in [-0.1, -0.05) is 64.7 Å². The third kappa shape index (κ3) is 22.3. The maximum Gasteiger partial charge on any atom is 0.366 e. The Morgan fingerprint density at radius 1 is 0.636 bits per heavy atom. The number of hydrogen-bond donors (Lipinski definition) is 0. The van der Waals surface area contributed by atoms with Crippen LogP contribution in [-0.2, 0) is 23.9 Å². The molecule has 7 nitrogen and oxygen atoms in total. The molecule has 0 spiro atoms. The second-order valence-electron chi connectivity index (χ2n) is 11.7. The van der Waals surface area contributed by atoms with E-state index in [2.05, 4.69) is 16.7 Å². The molecular weight excluding hydrogens is 566 g/mol. The van der Waals surface area contributed by atoms with Gasteiger partial charge in [-0.2, -0.15) is 8.78 Å². The standard InChI is InChI=1S/C35H62F2N2O5/c1-6-9-10-11-12-13-17-23-30(24-18-14-15-19-25-31(36)34(41)43-7-2)39(33(40)27-22-28-38(4)5)29-21-16-20-26-32(37)35(42)44-8-3/h25-26,30H,6-24,27-29H2,1-5H3/b31-25-,32-26-. The molecule has 0 rings (SSSR count). The quantitative estimate of drug-likeness (QED) is 0.0491. The van der Waals surface area contributed by atoms with Crippen molar-refractivity contribution in [1.29, 1.82) is 0 Å². The minimum absolute atomic E-state index is 0.121. The van der Waals surface area contributed by atoms with Gasteiger partial charge in [-0.25, -0.2) is 9.59 Å². The molecular formula is C35H62F2N2O5. The molecule has 1 atom stereocenters. The Balaban J connectivity index is 5.30. The smallest absolute Gasteiger partial charge is 0.366 e. The SMILES string of the molecule is CCCCCCCCCC(CCCCC/C=C(\F)C(=O)OCC)N(CCCC/C=C(\F)C(=O)OCC)C(=O)CCCN(C)C. The van der Waals surface area contributed by atoms with Crippen LogP contribution in [0.5, 0.6) is 0 Å². The van der Waals surface area contributed by atoms with Crippen molar-refractivity contribution in [3.05, 3.63) is 23.8 Å². The van der Waals surface area contributed by atoms with Crippen LogP contribution in [0.4, 0.5) is 8.78 Å². The lowest BCUT2D eigenvalue weighted by Gasteiger charge is -2.33. The lowest BCUT2D eigenvalue weighted by atomic mass is 9.98. The summed E-state index contributed by atoms with van der Waals surface area (Å²) < 4.78 is 37.1.